The number of hydrogen-bond acceptors (Lipinski definition) is 5. The molecule has 1 fully saturated rings. The zero-order valence-corrected chi connectivity index (χ0v) is 20.5. The topological polar surface area (TPSA) is 79.0 Å². The Labute approximate surface area is 206 Å². The molecule has 0 aromatic heterocycles. The number of amides is 3. The van der Waals surface area contributed by atoms with Crippen molar-refractivity contribution >= 4 is 30.1 Å². The van der Waals surface area contributed by atoms with Crippen molar-refractivity contribution in [1.29, 1.82) is 0 Å². The second kappa shape index (κ2) is 11.5. The summed E-state index contributed by atoms with van der Waals surface area (Å²) in [5.74, 6) is -0.291. The van der Waals surface area contributed by atoms with Crippen molar-refractivity contribution in [2.75, 3.05) is 26.7 Å². The highest BCUT2D eigenvalue weighted by Crippen LogP contribution is 2.26. The van der Waals surface area contributed by atoms with Gasteiger partial charge in [-0.2, -0.15) is 0 Å². The maximum absolute atomic E-state index is 12.9. The Balaban J connectivity index is 0.00000324. The van der Waals surface area contributed by atoms with Crippen LogP contribution in [0.2, 0.25) is 0 Å². The van der Waals surface area contributed by atoms with Crippen LogP contribution in [0.5, 0.6) is 5.75 Å². The second-order valence-corrected chi connectivity index (χ2v) is 8.80. The van der Waals surface area contributed by atoms with E-state index in [0.717, 1.165) is 25.1 Å². The summed E-state index contributed by atoms with van der Waals surface area (Å²) in [4.78, 5) is 42.1. The molecule has 1 atom stereocenters. The monoisotopic (exact) mass is 485 g/mol. The lowest BCUT2D eigenvalue weighted by Crippen LogP contribution is -2.39. The maximum Gasteiger partial charge on any atom is 0.261 e. The summed E-state index contributed by atoms with van der Waals surface area (Å²) >= 11 is 0. The molecule has 34 heavy (non-hydrogen) atoms. The molecule has 4 rings (SSSR count). The molecule has 2 aliphatic heterocycles. The Morgan fingerprint density at radius 3 is 2.65 bits per heavy atom. The van der Waals surface area contributed by atoms with E-state index >= 15 is 0 Å². The highest BCUT2D eigenvalue weighted by atomic mass is 35.5. The summed E-state index contributed by atoms with van der Waals surface area (Å²) in [6.07, 6.45) is 4.66. The van der Waals surface area contributed by atoms with Gasteiger partial charge in [-0.15, -0.1) is 12.4 Å². The first kappa shape index (κ1) is 25.7. The molecule has 1 saturated heterocycles. The average molecular weight is 486 g/mol. The molecule has 2 heterocycles. The van der Waals surface area contributed by atoms with Crippen LogP contribution in [0.25, 0.3) is 0 Å². The van der Waals surface area contributed by atoms with Crippen molar-refractivity contribution in [3.05, 3.63) is 64.7 Å². The molecular formula is C26H32ClN3O4. The number of halogens is 1. The van der Waals surface area contributed by atoms with Crippen LogP contribution in [0.3, 0.4) is 0 Å². The van der Waals surface area contributed by atoms with Gasteiger partial charge < -0.3 is 15.0 Å². The molecule has 0 aliphatic carbocycles. The third kappa shape index (κ3) is 5.59. The largest absolute Gasteiger partial charge is 0.497 e. The van der Waals surface area contributed by atoms with Gasteiger partial charge in [-0.05, 0) is 68.6 Å². The van der Waals surface area contributed by atoms with Crippen LogP contribution in [-0.4, -0.2) is 60.3 Å². The smallest absolute Gasteiger partial charge is 0.261 e. The molecule has 1 N–H and O–H groups in total. The Kier molecular flexibility index (Phi) is 8.69. The van der Waals surface area contributed by atoms with Crippen molar-refractivity contribution < 1.29 is 19.1 Å². The zero-order valence-electron chi connectivity index (χ0n) is 19.7. The second-order valence-electron chi connectivity index (χ2n) is 8.80. The van der Waals surface area contributed by atoms with Gasteiger partial charge in [-0.3, -0.25) is 19.3 Å². The fourth-order valence-corrected chi connectivity index (χ4v) is 4.60. The van der Waals surface area contributed by atoms with Crippen LogP contribution in [0.1, 0.15) is 69.2 Å². The Morgan fingerprint density at radius 1 is 1.09 bits per heavy atom. The molecule has 0 radical (unpaired) electrons. The molecule has 0 saturated carbocycles. The number of carbonyl (C=O) groups excluding carboxylic acids is 3. The first-order chi connectivity index (χ1) is 16.0. The number of nitrogens with zero attached hydrogens (tertiary/aromatic N) is 2. The van der Waals surface area contributed by atoms with Crippen LogP contribution in [0, 0.1) is 0 Å². The summed E-state index contributed by atoms with van der Waals surface area (Å²) < 4.78 is 5.22. The van der Waals surface area contributed by atoms with Crippen molar-refractivity contribution in [3.8, 4) is 5.75 Å². The van der Waals surface area contributed by atoms with E-state index in [9.17, 15) is 14.4 Å². The van der Waals surface area contributed by atoms with E-state index < -0.39 is 0 Å². The summed E-state index contributed by atoms with van der Waals surface area (Å²) in [5, 5.41) is 2.94. The molecule has 7 nitrogen and oxygen atoms in total. The number of carbonyl (C=O) groups is 3. The molecule has 0 spiro atoms. The quantitative estimate of drug-likeness (QED) is 0.453. The van der Waals surface area contributed by atoms with E-state index in [2.05, 4.69) is 17.1 Å². The standard InChI is InChI=1S/C26H31N3O4.ClH/c1-18-7-3-4-13-28(18)14-6-12-27-24(30)20-10-11-22-23(16-20)26(32)29(25(22)31)17-19-8-5-9-21(15-19)33-2;/h5,8-11,15-16,18H,3-4,6-7,12-14,17H2,1-2H3,(H,27,30);1H. The van der Waals surface area contributed by atoms with Gasteiger partial charge in [0.05, 0.1) is 24.8 Å². The van der Waals surface area contributed by atoms with E-state index in [-0.39, 0.29) is 42.2 Å². The first-order valence-corrected chi connectivity index (χ1v) is 11.6. The van der Waals surface area contributed by atoms with Crippen LogP contribution >= 0.6 is 12.4 Å². The van der Waals surface area contributed by atoms with Gasteiger partial charge >= 0.3 is 0 Å². The van der Waals surface area contributed by atoms with E-state index in [0.29, 0.717) is 29.5 Å². The van der Waals surface area contributed by atoms with Gasteiger partial charge in [-0.25, -0.2) is 0 Å². The summed E-state index contributed by atoms with van der Waals surface area (Å²) in [7, 11) is 1.57. The van der Waals surface area contributed by atoms with Gasteiger partial charge in [-0.1, -0.05) is 18.6 Å². The molecule has 0 bridgehead atoms. The SMILES string of the molecule is COc1cccc(CN2C(=O)c3ccc(C(=O)NCCCN4CCCCC4C)cc3C2=O)c1.Cl. The van der Waals surface area contributed by atoms with E-state index in [1.807, 2.05) is 18.2 Å². The van der Waals surface area contributed by atoms with Gasteiger partial charge in [0.2, 0.25) is 0 Å². The van der Waals surface area contributed by atoms with Crippen LogP contribution in [0.4, 0.5) is 0 Å². The first-order valence-electron chi connectivity index (χ1n) is 11.6. The lowest BCUT2D eigenvalue weighted by atomic mass is 10.0. The van der Waals surface area contributed by atoms with Gasteiger partial charge in [0.15, 0.2) is 0 Å². The molecule has 1 unspecified atom stereocenters. The van der Waals surface area contributed by atoms with Crippen LogP contribution in [-0.2, 0) is 6.54 Å². The third-order valence-corrected chi connectivity index (χ3v) is 6.56. The number of nitrogens with one attached hydrogen (secondary N) is 1. The van der Waals surface area contributed by atoms with Gasteiger partial charge in [0, 0.05) is 24.7 Å². The minimum atomic E-state index is -0.383. The molecular weight excluding hydrogens is 454 g/mol. The van der Waals surface area contributed by atoms with Crippen molar-refractivity contribution in [3.63, 3.8) is 0 Å². The van der Waals surface area contributed by atoms with E-state index in [4.69, 9.17) is 4.74 Å². The lowest BCUT2D eigenvalue weighted by molar-refractivity contribution is 0.0642. The number of hydrogen-bond donors (Lipinski definition) is 1. The molecule has 2 aromatic rings. The van der Waals surface area contributed by atoms with E-state index in [1.165, 1.54) is 30.2 Å². The lowest BCUT2D eigenvalue weighted by Gasteiger charge is -2.33. The summed E-state index contributed by atoms with van der Waals surface area (Å²) in [6.45, 7) is 5.09. The fraction of sp³-hybridized carbons (Fsp3) is 0.423. The predicted octanol–water partition coefficient (Wildman–Crippen LogP) is 3.91. The fourth-order valence-electron chi connectivity index (χ4n) is 4.60. The average Bonchev–Trinajstić information content (AvgIpc) is 3.07. The van der Waals surface area contributed by atoms with Crippen molar-refractivity contribution in [2.45, 2.75) is 45.2 Å². The molecule has 182 valence electrons. The summed E-state index contributed by atoms with van der Waals surface area (Å²) in [5.41, 5.74) is 1.80. The predicted molar refractivity (Wildman–Crippen MR) is 133 cm³/mol. The number of imide groups is 1. The molecule has 8 heteroatoms. The van der Waals surface area contributed by atoms with Crippen LogP contribution < -0.4 is 10.1 Å². The third-order valence-electron chi connectivity index (χ3n) is 6.56. The van der Waals surface area contributed by atoms with Gasteiger partial charge in [0.1, 0.15) is 5.75 Å². The number of rotatable bonds is 8. The van der Waals surface area contributed by atoms with Crippen LogP contribution in [0.15, 0.2) is 42.5 Å². The Morgan fingerprint density at radius 2 is 1.88 bits per heavy atom. The number of ether oxygens (including phenoxy) is 1. The number of methoxy groups -OCH3 is 1. The molecule has 2 aliphatic rings. The molecule has 2 aromatic carbocycles. The maximum atomic E-state index is 12.9. The summed E-state index contributed by atoms with van der Waals surface area (Å²) in [6, 6.07) is 12.6. The highest BCUT2D eigenvalue weighted by molar-refractivity contribution is 6.22. The minimum absolute atomic E-state index is 0. The normalized spacial score (nSPS) is 17.8. The highest BCUT2D eigenvalue weighted by Gasteiger charge is 2.36. The van der Waals surface area contributed by atoms with Gasteiger partial charge in [0.25, 0.3) is 17.7 Å². The Bertz CT molecular complexity index is 1060. The number of likely N-dealkylation sites (tertiary alicyclic amines) is 1. The van der Waals surface area contributed by atoms with Crippen molar-refractivity contribution in [2.24, 2.45) is 0 Å². The minimum Gasteiger partial charge on any atom is -0.497 e. The molecule has 3 amide bonds. The number of piperidine rings is 1. The van der Waals surface area contributed by atoms with E-state index in [1.54, 1.807) is 25.3 Å². The number of fused-ring (bicyclic) bond motifs is 1. The number of benzene rings is 2. The zero-order chi connectivity index (χ0) is 23.4. The Hall–Kier alpha value is -2.90. The van der Waals surface area contributed by atoms with Crippen molar-refractivity contribution in [1.82, 2.24) is 15.1 Å².